The average molecular weight is 215 g/mol. The van der Waals surface area contributed by atoms with Gasteiger partial charge >= 0.3 is 5.97 Å². The summed E-state index contributed by atoms with van der Waals surface area (Å²) in [6, 6.07) is 0. The van der Waals surface area contributed by atoms with Crippen LogP contribution in [0.25, 0.3) is 0 Å². The predicted molar refractivity (Wildman–Crippen MR) is 54.5 cm³/mol. The number of carboxylic acid groups (broad SMARTS) is 1. The van der Waals surface area contributed by atoms with Crippen LogP contribution in [0.15, 0.2) is 11.6 Å². The van der Waals surface area contributed by atoms with Crippen molar-refractivity contribution < 1.29 is 20.1 Å². The molecule has 5 nitrogen and oxygen atoms in total. The number of aliphatic carboxylic acids is 1. The first-order chi connectivity index (χ1) is 7.04. The molecule has 1 aliphatic rings. The Morgan fingerprint density at radius 3 is 2.33 bits per heavy atom. The highest BCUT2D eigenvalue weighted by atomic mass is 16.4. The second kappa shape index (κ2) is 5.25. The fourth-order valence-electron chi connectivity index (χ4n) is 1.62. The van der Waals surface area contributed by atoms with Crippen LogP contribution in [0, 0.1) is 0 Å². The average Bonchev–Trinajstić information content (AvgIpc) is 2.47. The lowest BCUT2D eigenvalue weighted by molar-refractivity contribution is -0.132. The number of rotatable bonds is 4. The molecule has 2 unspecified atom stereocenters. The van der Waals surface area contributed by atoms with Gasteiger partial charge in [-0.25, -0.2) is 4.79 Å². The number of β-amino-alcohol motifs (C(OH)–C–C–N with tert-alkyl or cyclic N) is 2. The molecule has 5 heteroatoms. The lowest BCUT2D eigenvalue weighted by Gasteiger charge is -2.11. The molecule has 2 atom stereocenters. The molecule has 0 spiro atoms. The lowest BCUT2D eigenvalue weighted by atomic mass is 10.2. The van der Waals surface area contributed by atoms with E-state index in [0.717, 1.165) is 0 Å². The van der Waals surface area contributed by atoms with Gasteiger partial charge in [-0.2, -0.15) is 0 Å². The van der Waals surface area contributed by atoms with E-state index in [1.165, 1.54) is 0 Å². The largest absolute Gasteiger partial charge is 0.478 e. The molecule has 0 aliphatic carbocycles. The molecule has 0 amide bonds. The minimum absolute atomic E-state index is 0.367. The van der Waals surface area contributed by atoms with Gasteiger partial charge in [-0.15, -0.1) is 0 Å². The second-order valence-corrected chi connectivity index (χ2v) is 3.74. The minimum Gasteiger partial charge on any atom is -0.478 e. The zero-order valence-electron chi connectivity index (χ0n) is 8.76. The maximum atomic E-state index is 10.7. The van der Waals surface area contributed by atoms with Crippen molar-refractivity contribution >= 4 is 5.97 Å². The third-order valence-electron chi connectivity index (χ3n) is 2.59. The maximum absolute atomic E-state index is 10.7. The van der Waals surface area contributed by atoms with E-state index < -0.39 is 18.2 Å². The van der Waals surface area contributed by atoms with E-state index >= 15 is 0 Å². The number of nitrogens with zero attached hydrogens (tertiary/aromatic N) is 1. The fraction of sp³-hybridized carbons (Fsp3) is 0.700. The molecule has 86 valence electrons. The Kier molecular flexibility index (Phi) is 4.26. The monoisotopic (exact) mass is 215 g/mol. The molecule has 1 heterocycles. The van der Waals surface area contributed by atoms with Gasteiger partial charge in [0.1, 0.15) is 0 Å². The van der Waals surface area contributed by atoms with Crippen molar-refractivity contribution in [3.05, 3.63) is 11.6 Å². The smallest absolute Gasteiger partial charge is 0.331 e. The Morgan fingerprint density at radius 2 is 1.93 bits per heavy atom. The van der Waals surface area contributed by atoms with Crippen molar-refractivity contribution in [2.24, 2.45) is 0 Å². The number of aliphatic hydroxyl groups excluding tert-OH is 2. The molecule has 0 aromatic heterocycles. The summed E-state index contributed by atoms with van der Waals surface area (Å²) in [5.41, 5.74) is 0.367. The first-order valence-corrected chi connectivity index (χ1v) is 5.05. The first-order valence-electron chi connectivity index (χ1n) is 5.05. The Morgan fingerprint density at radius 1 is 1.40 bits per heavy atom. The Balaban J connectivity index is 2.46. The lowest BCUT2D eigenvalue weighted by Crippen LogP contribution is -2.22. The van der Waals surface area contributed by atoms with Gasteiger partial charge in [0, 0.05) is 25.2 Å². The van der Waals surface area contributed by atoms with E-state index in [-0.39, 0.29) is 0 Å². The van der Waals surface area contributed by atoms with Gasteiger partial charge in [0.05, 0.1) is 12.2 Å². The van der Waals surface area contributed by atoms with E-state index in [1.54, 1.807) is 13.0 Å². The summed E-state index contributed by atoms with van der Waals surface area (Å²) in [6.07, 6.45) is 0.683. The number of hydrogen-bond acceptors (Lipinski definition) is 4. The van der Waals surface area contributed by atoms with E-state index in [9.17, 15) is 15.0 Å². The number of hydrogen-bond donors (Lipinski definition) is 3. The predicted octanol–water partition coefficient (Wildman–Crippen LogP) is -0.555. The van der Waals surface area contributed by atoms with Gasteiger partial charge < -0.3 is 15.3 Å². The summed E-state index contributed by atoms with van der Waals surface area (Å²) in [4.78, 5) is 12.5. The number of carboxylic acids is 1. The number of likely N-dealkylation sites (tertiary alicyclic amines) is 1. The van der Waals surface area contributed by atoms with Crippen LogP contribution in [-0.2, 0) is 4.79 Å². The fourth-order valence-corrected chi connectivity index (χ4v) is 1.62. The Bertz CT molecular complexity index is 254. The summed E-state index contributed by atoms with van der Waals surface area (Å²) in [6.45, 7) is 3.04. The van der Waals surface area contributed by atoms with E-state index in [2.05, 4.69) is 0 Å². The van der Waals surface area contributed by atoms with Gasteiger partial charge in [-0.3, -0.25) is 4.90 Å². The zero-order valence-corrected chi connectivity index (χ0v) is 8.76. The van der Waals surface area contributed by atoms with Crippen molar-refractivity contribution in [2.45, 2.75) is 25.6 Å². The van der Waals surface area contributed by atoms with E-state index in [4.69, 9.17) is 5.11 Å². The standard InChI is InChI=1S/C10H17NO4/c1-2-7(10(14)15)3-4-11-5-8(12)9(13)6-11/h3,8-9,12-13H,2,4-6H2,1H3,(H,14,15). The maximum Gasteiger partial charge on any atom is 0.331 e. The van der Waals surface area contributed by atoms with Crippen molar-refractivity contribution in [3.8, 4) is 0 Å². The molecule has 1 rings (SSSR count). The van der Waals surface area contributed by atoms with Crippen LogP contribution in [0.5, 0.6) is 0 Å². The second-order valence-electron chi connectivity index (χ2n) is 3.74. The Hall–Kier alpha value is -0.910. The molecule has 3 N–H and O–H groups in total. The molecule has 1 aliphatic heterocycles. The van der Waals surface area contributed by atoms with Crippen LogP contribution >= 0.6 is 0 Å². The third kappa shape index (κ3) is 3.30. The van der Waals surface area contributed by atoms with Crippen LogP contribution in [0.3, 0.4) is 0 Å². The minimum atomic E-state index is -0.905. The molecular formula is C10H17NO4. The van der Waals surface area contributed by atoms with Crippen LogP contribution in [0.1, 0.15) is 13.3 Å². The van der Waals surface area contributed by atoms with Crippen molar-refractivity contribution in [1.82, 2.24) is 4.90 Å². The summed E-state index contributed by atoms with van der Waals surface area (Å²) < 4.78 is 0. The van der Waals surface area contributed by atoms with Crippen molar-refractivity contribution in [1.29, 1.82) is 0 Å². The summed E-state index contributed by atoms with van der Waals surface area (Å²) >= 11 is 0. The summed E-state index contributed by atoms with van der Waals surface area (Å²) in [7, 11) is 0. The third-order valence-corrected chi connectivity index (χ3v) is 2.59. The van der Waals surface area contributed by atoms with E-state index in [1.807, 2.05) is 4.90 Å². The normalized spacial score (nSPS) is 28.3. The summed E-state index contributed by atoms with van der Waals surface area (Å²) in [5.74, 6) is -0.905. The van der Waals surface area contributed by atoms with Crippen molar-refractivity contribution in [3.63, 3.8) is 0 Å². The SMILES string of the molecule is CCC(=CCN1CC(O)C(O)C1)C(=O)O. The van der Waals surface area contributed by atoms with E-state index in [0.29, 0.717) is 31.6 Å². The highest BCUT2D eigenvalue weighted by Gasteiger charge is 2.28. The van der Waals surface area contributed by atoms with Gasteiger partial charge in [0.15, 0.2) is 0 Å². The molecule has 1 saturated heterocycles. The topological polar surface area (TPSA) is 81.0 Å². The van der Waals surface area contributed by atoms with Crippen LogP contribution in [-0.4, -0.2) is 58.0 Å². The molecule has 0 aromatic rings. The van der Waals surface area contributed by atoms with Gasteiger partial charge in [0.2, 0.25) is 0 Å². The number of carbonyl (C=O) groups is 1. The molecule has 0 bridgehead atoms. The number of aliphatic hydroxyl groups is 2. The molecule has 0 radical (unpaired) electrons. The van der Waals surface area contributed by atoms with Gasteiger partial charge in [-0.05, 0) is 6.42 Å². The molecule has 15 heavy (non-hydrogen) atoms. The molecule has 0 aromatic carbocycles. The van der Waals surface area contributed by atoms with Gasteiger partial charge in [0.25, 0.3) is 0 Å². The van der Waals surface area contributed by atoms with Gasteiger partial charge in [-0.1, -0.05) is 13.0 Å². The summed E-state index contributed by atoms with van der Waals surface area (Å²) in [5, 5.41) is 27.3. The van der Waals surface area contributed by atoms with Crippen LogP contribution < -0.4 is 0 Å². The zero-order chi connectivity index (χ0) is 11.4. The molecular weight excluding hydrogens is 198 g/mol. The first kappa shape index (κ1) is 12.2. The van der Waals surface area contributed by atoms with Crippen LogP contribution in [0.4, 0.5) is 0 Å². The molecule has 1 fully saturated rings. The Labute approximate surface area is 88.6 Å². The highest BCUT2D eigenvalue weighted by Crippen LogP contribution is 2.10. The molecule has 0 saturated carbocycles. The van der Waals surface area contributed by atoms with Crippen LogP contribution in [0.2, 0.25) is 0 Å². The highest BCUT2D eigenvalue weighted by molar-refractivity contribution is 5.86. The van der Waals surface area contributed by atoms with Crippen molar-refractivity contribution in [2.75, 3.05) is 19.6 Å². The quantitative estimate of drug-likeness (QED) is 0.548.